The fourth-order valence-corrected chi connectivity index (χ4v) is 2.91. The lowest BCUT2D eigenvalue weighted by atomic mass is 9.91. The molecule has 6 nitrogen and oxygen atoms in total. The number of rotatable bonds is 5. The van der Waals surface area contributed by atoms with Crippen molar-refractivity contribution < 1.29 is 24.2 Å². The van der Waals surface area contributed by atoms with Crippen LogP contribution in [-0.2, 0) is 17.7 Å². The molecule has 2 rings (SSSR count). The lowest BCUT2D eigenvalue weighted by molar-refractivity contribution is 0.0688. The Balaban J connectivity index is 2.39. The number of hydrogen-bond donors (Lipinski definition) is 1. The van der Waals surface area contributed by atoms with Gasteiger partial charge in [-0.3, -0.25) is 0 Å². The zero-order valence-electron chi connectivity index (χ0n) is 13.8. The predicted octanol–water partition coefficient (Wildman–Crippen LogP) is 3.08. The first-order valence-electron chi connectivity index (χ1n) is 7.97. The number of nitrogens with zero attached hydrogens (tertiary/aromatic N) is 1. The van der Waals surface area contributed by atoms with Gasteiger partial charge in [-0.2, -0.15) is 0 Å². The Bertz CT molecular complexity index is 599. The van der Waals surface area contributed by atoms with E-state index in [1.807, 2.05) is 13.8 Å². The van der Waals surface area contributed by atoms with Gasteiger partial charge in [-0.15, -0.1) is 0 Å². The molecule has 0 saturated carbocycles. The third kappa shape index (κ3) is 3.57. The molecule has 0 bridgehead atoms. The first-order chi connectivity index (χ1) is 11.0. The third-order valence-corrected chi connectivity index (χ3v) is 4.04. The first kappa shape index (κ1) is 17.1. The molecule has 1 amide bonds. The van der Waals surface area contributed by atoms with Gasteiger partial charge in [-0.05, 0) is 49.9 Å². The van der Waals surface area contributed by atoms with Gasteiger partial charge in [0.05, 0.1) is 13.2 Å². The standard InChI is InChI=1S/C17H23NO5/c1-4-13-7-11-8-14(16(19)20)15(22-5-2)9-12(11)10-18(13)17(21)23-6-3/h8-9,13H,4-7,10H2,1-3H3,(H,19,20). The Morgan fingerprint density at radius 3 is 2.52 bits per heavy atom. The Hall–Kier alpha value is -2.24. The molecule has 126 valence electrons. The number of carbonyl (C=O) groups is 2. The Morgan fingerprint density at radius 2 is 1.96 bits per heavy atom. The normalized spacial score (nSPS) is 16.7. The zero-order valence-corrected chi connectivity index (χ0v) is 13.8. The number of benzene rings is 1. The summed E-state index contributed by atoms with van der Waals surface area (Å²) in [7, 11) is 0. The van der Waals surface area contributed by atoms with Crippen LogP contribution in [0.25, 0.3) is 0 Å². The molecule has 1 atom stereocenters. The van der Waals surface area contributed by atoms with Crippen molar-refractivity contribution in [1.29, 1.82) is 0 Å². The van der Waals surface area contributed by atoms with Gasteiger partial charge < -0.3 is 19.5 Å². The molecule has 1 unspecified atom stereocenters. The van der Waals surface area contributed by atoms with Crippen molar-refractivity contribution in [2.45, 2.75) is 46.2 Å². The number of fused-ring (bicyclic) bond motifs is 1. The van der Waals surface area contributed by atoms with Crippen LogP contribution in [0.5, 0.6) is 5.75 Å². The van der Waals surface area contributed by atoms with E-state index in [0.717, 1.165) is 17.5 Å². The van der Waals surface area contributed by atoms with Crippen LogP contribution in [0.3, 0.4) is 0 Å². The quantitative estimate of drug-likeness (QED) is 0.902. The molecule has 0 aliphatic carbocycles. The van der Waals surface area contributed by atoms with E-state index in [9.17, 15) is 14.7 Å². The van der Waals surface area contributed by atoms with Gasteiger partial charge in [-0.1, -0.05) is 6.92 Å². The summed E-state index contributed by atoms with van der Waals surface area (Å²) in [6.45, 7) is 6.73. The van der Waals surface area contributed by atoms with Gasteiger partial charge >= 0.3 is 12.1 Å². The number of carbonyl (C=O) groups excluding carboxylic acids is 1. The summed E-state index contributed by atoms with van der Waals surface area (Å²) in [4.78, 5) is 25.3. The fraction of sp³-hybridized carbons (Fsp3) is 0.529. The number of carboxylic acids is 1. The Morgan fingerprint density at radius 1 is 1.22 bits per heavy atom. The highest BCUT2D eigenvalue weighted by Crippen LogP contribution is 2.31. The summed E-state index contributed by atoms with van der Waals surface area (Å²) in [6, 6.07) is 3.43. The van der Waals surface area contributed by atoms with Crippen molar-refractivity contribution in [2.75, 3.05) is 13.2 Å². The molecule has 0 saturated heterocycles. The van der Waals surface area contributed by atoms with Crippen LogP contribution in [-0.4, -0.2) is 41.3 Å². The molecule has 1 heterocycles. The number of hydrogen-bond acceptors (Lipinski definition) is 4. The van der Waals surface area contributed by atoms with E-state index in [4.69, 9.17) is 9.47 Å². The summed E-state index contributed by atoms with van der Waals surface area (Å²) in [5.41, 5.74) is 2.04. The maximum absolute atomic E-state index is 12.1. The molecule has 0 spiro atoms. The highest BCUT2D eigenvalue weighted by molar-refractivity contribution is 5.91. The Kier molecular flexibility index (Phi) is 5.47. The van der Waals surface area contributed by atoms with Crippen LogP contribution >= 0.6 is 0 Å². The zero-order chi connectivity index (χ0) is 17.0. The molecular weight excluding hydrogens is 298 g/mol. The van der Waals surface area contributed by atoms with E-state index >= 15 is 0 Å². The summed E-state index contributed by atoms with van der Waals surface area (Å²) in [6.07, 6.45) is 1.08. The number of amides is 1. The van der Waals surface area contributed by atoms with Gasteiger partial charge in [0, 0.05) is 12.6 Å². The molecule has 1 aromatic carbocycles. The van der Waals surface area contributed by atoms with Crippen LogP contribution < -0.4 is 4.74 Å². The van der Waals surface area contributed by atoms with Crippen molar-refractivity contribution in [3.8, 4) is 5.75 Å². The number of ether oxygens (including phenoxy) is 2. The lowest BCUT2D eigenvalue weighted by Crippen LogP contribution is -2.44. The van der Waals surface area contributed by atoms with Crippen LogP contribution in [0.2, 0.25) is 0 Å². The largest absolute Gasteiger partial charge is 0.493 e. The van der Waals surface area contributed by atoms with Gasteiger partial charge in [-0.25, -0.2) is 9.59 Å². The minimum absolute atomic E-state index is 0.0149. The molecule has 1 aliphatic heterocycles. The molecule has 0 fully saturated rings. The second-order valence-electron chi connectivity index (χ2n) is 5.45. The Labute approximate surface area is 136 Å². The van der Waals surface area contributed by atoms with E-state index in [1.54, 1.807) is 24.0 Å². The summed E-state index contributed by atoms with van der Waals surface area (Å²) >= 11 is 0. The van der Waals surface area contributed by atoms with Crippen molar-refractivity contribution in [1.82, 2.24) is 4.90 Å². The average molecular weight is 321 g/mol. The van der Waals surface area contributed by atoms with E-state index in [0.29, 0.717) is 31.9 Å². The summed E-state index contributed by atoms with van der Waals surface area (Å²) in [5, 5.41) is 9.36. The lowest BCUT2D eigenvalue weighted by Gasteiger charge is -2.36. The van der Waals surface area contributed by atoms with Crippen LogP contribution in [0, 0.1) is 0 Å². The molecule has 1 aromatic rings. The second kappa shape index (κ2) is 7.35. The highest BCUT2D eigenvalue weighted by Gasteiger charge is 2.31. The molecular formula is C17H23NO5. The van der Waals surface area contributed by atoms with Crippen LogP contribution in [0.15, 0.2) is 12.1 Å². The van der Waals surface area contributed by atoms with Gasteiger partial charge in [0.1, 0.15) is 11.3 Å². The highest BCUT2D eigenvalue weighted by atomic mass is 16.6. The first-order valence-corrected chi connectivity index (χ1v) is 7.97. The van der Waals surface area contributed by atoms with Gasteiger partial charge in [0.15, 0.2) is 0 Å². The smallest absolute Gasteiger partial charge is 0.410 e. The minimum atomic E-state index is -1.00. The average Bonchev–Trinajstić information content (AvgIpc) is 2.53. The van der Waals surface area contributed by atoms with Crippen LogP contribution in [0.1, 0.15) is 48.7 Å². The molecule has 0 aromatic heterocycles. The van der Waals surface area contributed by atoms with Crippen molar-refractivity contribution in [3.63, 3.8) is 0 Å². The monoisotopic (exact) mass is 321 g/mol. The van der Waals surface area contributed by atoms with Crippen molar-refractivity contribution in [2.24, 2.45) is 0 Å². The van der Waals surface area contributed by atoms with Gasteiger partial charge in [0.25, 0.3) is 0 Å². The number of carboxylic acid groups (broad SMARTS) is 1. The minimum Gasteiger partial charge on any atom is -0.493 e. The summed E-state index contributed by atoms with van der Waals surface area (Å²) < 4.78 is 10.6. The summed E-state index contributed by atoms with van der Waals surface area (Å²) in [5.74, 6) is -0.658. The van der Waals surface area contributed by atoms with E-state index in [1.165, 1.54) is 0 Å². The maximum atomic E-state index is 12.1. The number of aromatic carboxylic acids is 1. The fourth-order valence-electron chi connectivity index (χ4n) is 2.91. The topological polar surface area (TPSA) is 76.1 Å². The van der Waals surface area contributed by atoms with E-state index in [-0.39, 0.29) is 17.7 Å². The molecule has 1 N–H and O–H groups in total. The SMILES string of the molecule is CCOC(=O)N1Cc2cc(OCC)c(C(=O)O)cc2CC1CC. The van der Waals surface area contributed by atoms with Crippen LogP contribution in [0.4, 0.5) is 4.79 Å². The molecule has 1 aliphatic rings. The molecule has 0 radical (unpaired) electrons. The van der Waals surface area contributed by atoms with Gasteiger partial charge in [0.2, 0.25) is 0 Å². The van der Waals surface area contributed by atoms with Crippen molar-refractivity contribution in [3.05, 3.63) is 28.8 Å². The third-order valence-electron chi connectivity index (χ3n) is 4.04. The molecule has 23 heavy (non-hydrogen) atoms. The maximum Gasteiger partial charge on any atom is 0.410 e. The van der Waals surface area contributed by atoms with E-state index < -0.39 is 5.97 Å². The molecule has 6 heteroatoms. The van der Waals surface area contributed by atoms with E-state index in [2.05, 4.69) is 0 Å². The van der Waals surface area contributed by atoms with Crippen molar-refractivity contribution >= 4 is 12.1 Å². The second-order valence-corrected chi connectivity index (χ2v) is 5.45. The predicted molar refractivity (Wildman–Crippen MR) is 84.9 cm³/mol.